The van der Waals surface area contributed by atoms with Crippen LogP contribution in [0.2, 0.25) is 0 Å². The Balaban J connectivity index is 1.56. The van der Waals surface area contributed by atoms with Gasteiger partial charge in [-0.3, -0.25) is 4.90 Å². The van der Waals surface area contributed by atoms with Gasteiger partial charge in [0.05, 0.1) is 11.7 Å². The molecule has 2 aromatic rings. The van der Waals surface area contributed by atoms with E-state index in [1.807, 2.05) is 35.2 Å². The lowest BCUT2D eigenvalue weighted by Gasteiger charge is -2.19. The third-order valence-corrected chi connectivity index (χ3v) is 6.18. The van der Waals surface area contributed by atoms with Gasteiger partial charge in [-0.1, -0.05) is 48.5 Å². The molecule has 2 N–H and O–H groups in total. The lowest BCUT2D eigenvalue weighted by Crippen LogP contribution is -2.23. The number of nitrogens with zero attached hydrogens (tertiary/aromatic N) is 1. The lowest BCUT2D eigenvalue weighted by molar-refractivity contribution is -0.138. The molecule has 1 aliphatic heterocycles. The van der Waals surface area contributed by atoms with Crippen molar-refractivity contribution in [1.82, 2.24) is 4.90 Å². The average molecular weight is 377 g/mol. The number of alkyl halides is 3. The van der Waals surface area contributed by atoms with Crippen molar-refractivity contribution in [1.29, 1.82) is 0 Å². The molecule has 0 radical (unpaired) electrons. The Kier molecular flexibility index (Phi) is 4.53. The Morgan fingerprint density at radius 2 is 1.70 bits per heavy atom. The third kappa shape index (κ3) is 3.06. The molecular formula is C21H22F3NO2. The zero-order chi connectivity index (χ0) is 19.2. The molecule has 1 heterocycles. The third-order valence-electron chi connectivity index (χ3n) is 6.18. The fraction of sp³-hybridized carbons (Fsp3) is 0.429. The molecule has 4 atom stereocenters. The van der Waals surface area contributed by atoms with Crippen LogP contribution < -0.4 is 0 Å². The minimum Gasteiger partial charge on any atom is -0.396 e. The number of halogens is 3. The highest BCUT2D eigenvalue weighted by Gasteiger charge is 2.70. The van der Waals surface area contributed by atoms with Gasteiger partial charge in [-0.25, -0.2) is 0 Å². The number of benzene rings is 2. The Hall–Kier alpha value is -1.89. The number of likely N-dealkylation sites (tertiary alicyclic amines) is 1. The van der Waals surface area contributed by atoms with E-state index in [4.69, 9.17) is 0 Å². The summed E-state index contributed by atoms with van der Waals surface area (Å²) < 4.78 is 39.8. The van der Waals surface area contributed by atoms with Crippen LogP contribution in [-0.4, -0.2) is 40.9 Å². The van der Waals surface area contributed by atoms with E-state index in [-0.39, 0.29) is 30.6 Å². The Bertz CT molecular complexity index is 811. The molecule has 2 aromatic carbocycles. The van der Waals surface area contributed by atoms with Crippen molar-refractivity contribution in [3.05, 3.63) is 71.3 Å². The maximum absolute atomic E-state index is 13.3. The van der Waals surface area contributed by atoms with Crippen LogP contribution in [0.1, 0.15) is 22.6 Å². The summed E-state index contributed by atoms with van der Waals surface area (Å²) in [5.74, 6) is -0.0423. The number of aliphatic hydroxyl groups is 2. The number of rotatable bonds is 4. The first-order chi connectivity index (χ1) is 12.9. The molecule has 4 rings (SSSR count). The predicted molar refractivity (Wildman–Crippen MR) is 94.9 cm³/mol. The highest BCUT2D eigenvalue weighted by Crippen LogP contribution is 2.68. The van der Waals surface area contributed by atoms with Gasteiger partial charge in [0, 0.05) is 31.7 Å². The van der Waals surface area contributed by atoms with E-state index in [2.05, 4.69) is 0 Å². The number of hydrogen-bond acceptors (Lipinski definition) is 3. The first kappa shape index (κ1) is 18.5. The van der Waals surface area contributed by atoms with Gasteiger partial charge >= 0.3 is 6.18 Å². The summed E-state index contributed by atoms with van der Waals surface area (Å²) in [4.78, 5) is 1.88. The molecule has 0 bridgehead atoms. The zero-order valence-electron chi connectivity index (χ0n) is 14.7. The van der Waals surface area contributed by atoms with Crippen molar-refractivity contribution < 1.29 is 23.4 Å². The molecular weight excluding hydrogens is 355 g/mol. The fourth-order valence-electron chi connectivity index (χ4n) is 4.96. The second kappa shape index (κ2) is 6.62. The van der Waals surface area contributed by atoms with Gasteiger partial charge < -0.3 is 10.2 Å². The average Bonchev–Trinajstić information content (AvgIpc) is 3.18. The van der Waals surface area contributed by atoms with Crippen molar-refractivity contribution in [2.45, 2.75) is 24.7 Å². The van der Waals surface area contributed by atoms with E-state index >= 15 is 0 Å². The van der Waals surface area contributed by atoms with E-state index in [1.54, 1.807) is 6.07 Å². The van der Waals surface area contributed by atoms with E-state index in [0.717, 1.165) is 11.6 Å². The summed E-state index contributed by atoms with van der Waals surface area (Å²) in [6, 6.07) is 15.3. The quantitative estimate of drug-likeness (QED) is 0.860. The molecule has 2 fully saturated rings. The number of hydrogen-bond donors (Lipinski definition) is 2. The number of β-amino-alcohol motifs (C(OH)–C–C–N with tert-alkyl or cyclic N) is 1. The maximum atomic E-state index is 13.3. The highest BCUT2D eigenvalue weighted by atomic mass is 19.4. The van der Waals surface area contributed by atoms with Gasteiger partial charge in [-0.05, 0) is 29.0 Å². The Morgan fingerprint density at radius 1 is 1.04 bits per heavy atom. The largest absolute Gasteiger partial charge is 0.416 e. The molecule has 27 heavy (non-hydrogen) atoms. The number of aliphatic hydroxyl groups excluding tert-OH is 2. The van der Waals surface area contributed by atoms with Gasteiger partial charge in [-0.2, -0.15) is 13.2 Å². The van der Waals surface area contributed by atoms with Crippen LogP contribution in [0, 0.1) is 11.3 Å². The van der Waals surface area contributed by atoms with Gasteiger partial charge in [-0.15, -0.1) is 0 Å². The Morgan fingerprint density at radius 3 is 2.37 bits per heavy atom. The predicted octanol–water partition coefficient (Wildman–Crippen LogP) is 3.27. The lowest BCUT2D eigenvalue weighted by atomic mass is 9.95. The van der Waals surface area contributed by atoms with Crippen molar-refractivity contribution in [2.75, 3.05) is 19.7 Å². The summed E-state index contributed by atoms with van der Waals surface area (Å²) in [6.07, 6.45) is -5.07. The fourth-order valence-corrected chi connectivity index (χ4v) is 4.96. The molecule has 6 heteroatoms. The monoisotopic (exact) mass is 377 g/mol. The van der Waals surface area contributed by atoms with E-state index in [1.165, 1.54) is 12.1 Å². The molecule has 0 amide bonds. The summed E-state index contributed by atoms with van der Waals surface area (Å²) in [5.41, 5.74) is 0.165. The van der Waals surface area contributed by atoms with Crippen molar-refractivity contribution in [3.8, 4) is 0 Å². The van der Waals surface area contributed by atoms with Crippen LogP contribution in [0.3, 0.4) is 0 Å². The normalized spacial score (nSPS) is 30.8. The van der Waals surface area contributed by atoms with Crippen molar-refractivity contribution in [3.63, 3.8) is 0 Å². The van der Waals surface area contributed by atoms with E-state index in [9.17, 15) is 23.4 Å². The van der Waals surface area contributed by atoms with Crippen molar-refractivity contribution >= 4 is 0 Å². The smallest absolute Gasteiger partial charge is 0.396 e. The Labute approximate surface area is 156 Å². The highest BCUT2D eigenvalue weighted by molar-refractivity contribution is 5.37. The van der Waals surface area contributed by atoms with Crippen LogP contribution >= 0.6 is 0 Å². The van der Waals surface area contributed by atoms with Gasteiger partial charge in [0.25, 0.3) is 0 Å². The molecule has 3 nitrogen and oxygen atoms in total. The zero-order valence-corrected chi connectivity index (χ0v) is 14.7. The van der Waals surface area contributed by atoms with Crippen molar-refractivity contribution in [2.24, 2.45) is 11.3 Å². The summed E-state index contributed by atoms with van der Waals surface area (Å²) >= 11 is 0. The van der Waals surface area contributed by atoms with Crippen LogP contribution in [0.5, 0.6) is 0 Å². The summed E-state index contributed by atoms with van der Waals surface area (Å²) in [6.45, 7) is 0.884. The van der Waals surface area contributed by atoms with Gasteiger partial charge in [0.2, 0.25) is 0 Å². The first-order valence-electron chi connectivity index (χ1n) is 9.09. The minimum absolute atomic E-state index is 0.0292. The van der Waals surface area contributed by atoms with Gasteiger partial charge in [0.15, 0.2) is 0 Å². The molecule has 0 aromatic heterocycles. The summed E-state index contributed by atoms with van der Waals surface area (Å²) in [5, 5.41) is 20.6. The molecule has 1 spiro atoms. The second-order valence-corrected chi connectivity index (χ2v) is 7.63. The minimum atomic E-state index is -4.40. The van der Waals surface area contributed by atoms with Crippen LogP contribution in [0.4, 0.5) is 13.2 Å². The van der Waals surface area contributed by atoms with E-state index in [0.29, 0.717) is 13.1 Å². The van der Waals surface area contributed by atoms with Crippen LogP contribution in [0.25, 0.3) is 0 Å². The molecule has 1 saturated heterocycles. The SMILES string of the molecule is OC[C@@H]1[C@@H](c2ccccc2)[C@]12CN(Cc1ccccc1C(F)(F)F)C[C@H]2O. The molecule has 0 unspecified atom stereocenters. The van der Waals surface area contributed by atoms with Gasteiger partial charge in [0.1, 0.15) is 0 Å². The van der Waals surface area contributed by atoms with E-state index < -0.39 is 23.3 Å². The maximum Gasteiger partial charge on any atom is 0.416 e. The standard InChI is InChI=1S/C21H22F3NO2/c22-21(23,24)16-9-5-4-8-15(16)10-25-11-18(27)20(13-25)17(12-26)19(20)14-6-2-1-3-7-14/h1-9,17-19,26-27H,10-13H2/t17-,18-,19-,20-/m1/s1. The molecule has 1 saturated carbocycles. The molecule has 1 aliphatic carbocycles. The van der Waals surface area contributed by atoms with Crippen LogP contribution in [0.15, 0.2) is 54.6 Å². The molecule has 2 aliphatic rings. The van der Waals surface area contributed by atoms with Crippen LogP contribution in [-0.2, 0) is 12.7 Å². The first-order valence-corrected chi connectivity index (χ1v) is 9.09. The second-order valence-electron chi connectivity index (χ2n) is 7.63. The summed E-state index contributed by atoms with van der Waals surface area (Å²) in [7, 11) is 0. The topological polar surface area (TPSA) is 43.7 Å². The molecule has 144 valence electrons.